The molecular weight excluding hydrogens is 278 g/mol. The summed E-state index contributed by atoms with van der Waals surface area (Å²) in [6.45, 7) is 4.13. The molecule has 0 aliphatic carbocycles. The van der Waals surface area contributed by atoms with Crippen molar-refractivity contribution in [3.05, 3.63) is 30.2 Å². The molecule has 0 radical (unpaired) electrons. The fraction of sp³-hybridized carbons (Fsp3) is 0.529. The quantitative estimate of drug-likeness (QED) is 0.846. The highest BCUT2D eigenvalue weighted by atomic mass is 16.5. The van der Waals surface area contributed by atoms with Crippen LogP contribution in [0.2, 0.25) is 0 Å². The Morgan fingerprint density at radius 1 is 1.23 bits per heavy atom. The summed E-state index contributed by atoms with van der Waals surface area (Å²) < 4.78 is 11.0. The van der Waals surface area contributed by atoms with Crippen molar-refractivity contribution in [3.8, 4) is 17.2 Å². The predicted octanol–water partition coefficient (Wildman–Crippen LogP) is 3.51. The SMILES string of the molecule is CCC1CCCCN1Cc1nnc(-c2ccc(OC)cc2)o1. The average molecular weight is 301 g/mol. The largest absolute Gasteiger partial charge is 0.497 e. The van der Waals surface area contributed by atoms with E-state index in [1.54, 1.807) is 7.11 Å². The van der Waals surface area contributed by atoms with Crippen molar-refractivity contribution in [2.24, 2.45) is 0 Å². The van der Waals surface area contributed by atoms with Crippen LogP contribution in [0, 0.1) is 0 Å². The van der Waals surface area contributed by atoms with E-state index in [1.807, 2.05) is 24.3 Å². The summed E-state index contributed by atoms with van der Waals surface area (Å²) in [5.74, 6) is 2.09. The molecule has 0 amide bonds. The van der Waals surface area contributed by atoms with Crippen LogP contribution in [-0.4, -0.2) is 34.8 Å². The zero-order valence-electron chi connectivity index (χ0n) is 13.3. The third-order valence-corrected chi connectivity index (χ3v) is 4.36. The van der Waals surface area contributed by atoms with Crippen molar-refractivity contribution >= 4 is 0 Å². The average Bonchev–Trinajstić information content (AvgIpc) is 3.04. The Bertz CT molecular complexity index is 594. The maximum Gasteiger partial charge on any atom is 0.247 e. The van der Waals surface area contributed by atoms with E-state index in [-0.39, 0.29) is 0 Å². The number of likely N-dealkylation sites (tertiary alicyclic amines) is 1. The minimum Gasteiger partial charge on any atom is -0.497 e. The van der Waals surface area contributed by atoms with Gasteiger partial charge in [0.1, 0.15) is 5.75 Å². The molecule has 1 aliphatic heterocycles. The van der Waals surface area contributed by atoms with Gasteiger partial charge >= 0.3 is 0 Å². The molecule has 22 heavy (non-hydrogen) atoms. The van der Waals surface area contributed by atoms with Crippen LogP contribution in [0.25, 0.3) is 11.5 Å². The van der Waals surface area contributed by atoms with Crippen molar-refractivity contribution in [2.75, 3.05) is 13.7 Å². The number of hydrogen-bond donors (Lipinski definition) is 0. The highest BCUT2D eigenvalue weighted by Crippen LogP contribution is 2.24. The first-order chi connectivity index (χ1) is 10.8. The lowest BCUT2D eigenvalue weighted by atomic mass is 10.0. The minimum atomic E-state index is 0.572. The molecular formula is C17H23N3O2. The number of ether oxygens (including phenoxy) is 1. The molecule has 5 heteroatoms. The van der Waals surface area contributed by atoms with Gasteiger partial charge in [-0.15, -0.1) is 10.2 Å². The van der Waals surface area contributed by atoms with E-state index in [1.165, 1.54) is 25.7 Å². The number of benzene rings is 1. The van der Waals surface area contributed by atoms with Crippen LogP contribution in [0.4, 0.5) is 0 Å². The first-order valence-electron chi connectivity index (χ1n) is 8.01. The van der Waals surface area contributed by atoms with Crippen LogP contribution in [-0.2, 0) is 6.54 Å². The summed E-state index contributed by atoms with van der Waals surface area (Å²) in [4.78, 5) is 2.47. The third kappa shape index (κ3) is 3.30. The van der Waals surface area contributed by atoms with Gasteiger partial charge in [-0.2, -0.15) is 0 Å². The fourth-order valence-corrected chi connectivity index (χ4v) is 3.07. The van der Waals surface area contributed by atoms with E-state index >= 15 is 0 Å². The summed E-state index contributed by atoms with van der Waals surface area (Å²) in [5.41, 5.74) is 0.922. The molecule has 118 valence electrons. The standard InChI is InChI=1S/C17H23N3O2/c1-3-14-6-4-5-11-20(14)12-16-18-19-17(22-16)13-7-9-15(21-2)10-8-13/h7-10,14H,3-6,11-12H2,1-2H3. The Balaban J connectivity index is 1.70. The van der Waals surface area contributed by atoms with Crippen molar-refractivity contribution in [2.45, 2.75) is 45.2 Å². The Kier molecular flexibility index (Phi) is 4.73. The molecule has 2 heterocycles. The summed E-state index contributed by atoms with van der Waals surface area (Å²) >= 11 is 0. The van der Waals surface area contributed by atoms with Crippen molar-refractivity contribution in [3.63, 3.8) is 0 Å². The number of piperidine rings is 1. The first-order valence-corrected chi connectivity index (χ1v) is 8.01. The van der Waals surface area contributed by atoms with Gasteiger partial charge in [0, 0.05) is 11.6 Å². The summed E-state index contributed by atoms with van der Waals surface area (Å²) in [6.07, 6.45) is 5.04. The van der Waals surface area contributed by atoms with Crippen LogP contribution >= 0.6 is 0 Å². The van der Waals surface area contributed by atoms with Crippen molar-refractivity contribution < 1.29 is 9.15 Å². The number of hydrogen-bond acceptors (Lipinski definition) is 5. The second-order valence-corrected chi connectivity index (χ2v) is 5.76. The zero-order chi connectivity index (χ0) is 15.4. The second kappa shape index (κ2) is 6.92. The Morgan fingerprint density at radius 2 is 2.05 bits per heavy atom. The molecule has 5 nitrogen and oxygen atoms in total. The van der Waals surface area contributed by atoms with E-state index in [9.17, 15) is 0 Å². The third-order valence-electron chi connectivity index (χ3n) is 4.36. The smallest absolute Gasteiger partial charge is 0.247 e. The van der Waals surface area contributed by atoms with Gasteiger partial charge in [-0.25, -0.2) is 0 Å². The second-order valence-electron chi connectivity index (χ2n) is 5.76. The zero-order valence-corrected chi connectivity index (χ0v) is 13.3. The molecule has 1 saturated heterocycles. The van der Waals surface area contributed by atoms with Crippen molar-refractivity contribution in [1.29, 1.82) is 0 Å². The van der Waals surface area contributed by atoms with Gasteiger partial charge in [-0.05, 0) is 50.1 Å². The van der Waals surface area contributed by atoms with Crippen LogP contribution in [0.5, 0.6) is 5.75 Å². The lowest BCUT2D eigenvalue weighted by Gasteiger charge is -2.33. The van der Waals surface area contributed by atoms with Crippen LogP contribution in [0.15, 0.2) is 28.7 Å². The van der Waals surface area contributed by atoms with Crippen LogP contribution in [0.3, 0.4) is 0 Å². The van der Waals surface area contributed by atoms with Crippen LogP contribution in [0.1, 0.15) is 38.5 Å². The van der Waals surface area contributed by atoms with Gasteiger partial charge in [-0.3, -0.25) is 4.90 Å². The van der Waals surface area contributed by atoms with Crippen LogP contribution < -0.4 is 4.74 Å². The molecule has 1 aromatic carbocycles. The van der Waals surface area contributed by atoms with E-state index in [4.69, 9.17) is 9.15 Å². The van der Waals surface area contributed by atoms with E-state index in [0.29, 0.717) is 17.8 Å². The maximum atomic E-state index is 5.83. The van der Waals surface area contributed by atoms with Gasteiger partial charge < -0.3 is 9.15 Å². The fourth-order valence-electron chi connectivity index (χ4n) is 3.07. The van der Waals surface area contributed by atoms with Gasteiger partial charge in [0.05, 0.1) is 13.7 Å². The van der Waals surface area contributed by atoms with Gasteiger partial charge in [0.15, 0.2) is 0 Å². The number of methoxy groups -OCH3 is 1. The lowest BCUT2D eigenvalue weighted by Crippen LogP contribution is -2.38. The van der Waals surface area contributed by atoms with E-state index in [2.05, 4.69) is 22.0 Å². The van der Waals surface area contributed by atoms with Gasteiger partial charge in [0.25, 0.3) is 0 Å². The highest BCUT2D eigenvalue weighted by Gasteiger charge is 2.22. The van der Waals surface area contributed by atoms with E-state index < -0.39 is 0 Å². The maximum absolute atomic E-state index is 5.83. The van der Waals surface area contributed by atoms with Gasteiger partial charge in [0.2, 0.25) is 11.8 Å². The Labute approximate surface area is 131 Å². The molecule has 0 saturated carbocycles. The molecule has 1 aromatic heterocycles. The topological polar surface area (TPSA) is 51.4 Å². The normalized spacial score (nSPS) is 19.3. The minimum absolute atomic E-state index is 0.572. The Morgan fingerprint density at radius 3 is 2.77 bits per heavy atom. The monoisotopic (exact) mass is 301 g/mol. The van der Waals surface area contributed by atoms with Gasteiger partial charge in [-0.1, -0.05) is 13.3 Å². The molecule has 1 atom stereocenters. The summed E-state index contributed by atoms with van der Waals surface area (Å²) in [6, 6.07) is 8.32. The molecule has 0 bridgehead atoms. The summed E-state index contributed by atoms with van der Waals surface area (Å²) in [7, 11) is 1.66. The molecule has 0 spiro atoms. The Hall–Kier alpha value is -1.88. The molecule has 3 rings (SSSR count). The molecule has 1 fully saturated rings. The molecule has 0 N–H and O–H groups in total. The molecule has 1 aliphatic rings. The van der Waals surface area contributed by atoms with E-state index in [0.717, 1.165) is 24.4 Å². The predicted molar refractivity (Wildman–Crippen MR) is 84.6 cm³/mol. The summed E-state index contributed by atoms with van der Waals surface area (Å²) in [5, 5.41) is 8.38. The number of aromatic nitrogens is 2. The first kappa shape index (κ1) is 15.0. The highest BCUT2D eigenvalue weighted by molar-refractivity contribution is 5.53. The number of rotatable bonds is 5. The molecule has 1 unspecified atom stereocenters. The van der Waals surface area contributed by atoms with Crippen molar-refractivity contribution in [1.82, 2.24) is 15.1 Å². The molecule has 2 aromatic rings. The lowest BCUT2D eigenvalue weighted by molar-refractivity contribution is 0.124. The number of nitrogens with zero attached hydrogens (tertiary/aromatic N) is 3.